The van der Waals surface area contributed by atoms with Gasteiger partial charge in [0.2, 0.25) is 5.69 Å². The highest BCUT2D eigenvalue weighted by atomic mass is 32.1. The van der Waals surface area contributed by atoms with Gasteiger partial charge >= 0.3 is 6.09 Å². The molecular formula is C26H28N4O3S. The van der Waals surface area contributed by atoms with Crippen LogP contribution in [0.1, 0.15) is 58.2 Å². The van der Waals surface area contributed by atoms with Gasteiger partial charge in [-0.25, -0.2) is 14.6 Å². The monoisotopic (exact) mass is 476 g/mol. The molecule has 1 aromatic heterocycles. The van der Waals surface area contributed by atoms with E-state index < -0.39 is 11.7 Å². The molecule has 0 unspecified atom stereocenters. The quantitative estimate of drug-likeness (QED) is 0.414. The summed E-state index contributed by atoms with van der Waals surface area (Å²) in [7, 11) is 0. The number of carbonyl (C=O) groups excluding carboxylic acids is 1. The van der Waals surface area contributed by atoms with Crippen molar-refractivity contribution in [2.45, 2.75) is 65.2 Å². The van der Waals surface area contributed by atoms with E-state index in [0.717, 1.165) is 40.1 Å². The van der Waals surface area contributed by atoms with Crippen molar-refractivity contribution in [3.8, 4) is 27.7 Å². The first-order valence-corrected chi connectivity index (χ1v) is 12.1. The van der Waals surface area contributed by atoms with Gasteiger partial charge in [-0.3, -0.25) is 0 Å². The Morgan fingerprint density at radius 2 is 2.06 bits per heavy atom. The van der Waals surface area contributed by atoms with Crippen molar-refractivity contribution < 1.29 is 14.3 Å². The fourth-order valence-electron chi connectivity index (χ4n) is 4.01. The minimum Gasteiger partial charge on any atom is -0.502 e. The highest BCUT2D eigenvalue weighted by molar-refractivity contribution is 7.09. The topological polar surface area (TPSA) is 77.7 Å². The van der Waals surface area contributed by atoms with E-state index in [2.05, 4.69) is 14.5 Å². The van der Waals surface area contributed by atoms with Crippen LogP contribution < -0.4 is 10.1 Å². The summed E-state index contributed by atoms with van der Waals surface area (Å²) >= 11 is 1.31. The number of alkyl carbamates (subject to hydrolysis) is 1. The summed E-state index contributed by atoms with van der Waals surface area (Å²) in [6, 6.07) is 11.5. The zero-order chi connectivity index (χ0) is 24.5. The maximum atomic E-state index is 12.3. The molecule has 7 nitrogen and oxygen atoms in total. The van der Waals surface area contributed by atoms with Gasteiger partial charge in [-0.15, -0.1) is 0 Å². The number of fused-ring (bicyclic) bond motifs is 1. The van der Waals surface area contributed by atoms with E-state index in [0.29, 0.717) is 17.3 Å². The molecule has 1 aliphatic rings. The van der Waals surface area contributed by atoms with Gasteiger partial charge in [0.25, 0.3) is 0 Å². The third-order valence-corrected chi connectivity index (χ3v) is 6.08. The lowest BCUT2D eigenvalue weighted by molar-refractivity contribution is 0.0503. The number of rotatable bonds is 5. The largest absolute Gasteiger partial charge is 0.502 e. The molecule has 1 atom stereocenters. The van der Waals surface area contributed by atoms with Crippen molar-refractivity contribution in [1.82, 2.24) is 14.7 Å². The zero-order valence-corrected chi connectivity index (χ0v) is 20.8. The Labute approximate surface area is 204 Å². The van der Waals surface area contributed by atoms with Crippen LogP contribution in [0.15, 0.2) is 36.4 Å². The summed E-state index contributed by atoms with van der Waals surface area (Å²) in [6.45, 7) is 16.9. The van der Waals surface area contributed by atoms with E-state index in [4.69, 9.17) is 21.0 Å². The second-order valence-corrected chi connectivity index (χ2v) is 10.2. The minimum atomic E-state index is -0.541. The predicted octanol–water partition coefficient (Wildman–Crippen LogP) is 6.72. The zero-order valence-electron chi connectivity index (χ0n) is 20.0. The Kier molecular flexibility index (Phi) is 6.58. The third-order valence-electron chi connectivity index (χ3n) is 5.32. The summed E-state index contributed by atoms with van der Waals surface area (Å²) in [5.41, 5.74) is 3.95. The van der Waals surface area contributed by atoms with Crippen LogP contribution in [0.2, 0.25) is 0 Å². The molecule has 1 N–H and O–H groups in total. The van der Waals surface area contributed by atoms with Gasteiger partial charge in [0, 0.05) is 11.1 Å². The second-order valence-electron chi connectivity index (χ2n) is 9.49. The molecule has 4 rings (SSSR count). The van der Waals surface area contributed by atoms with Gasteiger partial charge in [0.1, 0.15) is 16.4 Å². The SMILES string of the molecule is [C-]#[N+]c1cc(-c2nc(-c3cccc4c3CC[C@@H]4NC(=O)OC(C)(C)C)ns2)ccc1OC(C)C. The Balaban J connectivity index is 1.58. The molecule has 34 heavy (non-hydrogen) atoms. The molecule has 0 aliphatic heterocycles. The maximum Gasteiger partial charge on any atom is 0.408 e. The van der Waals surface area contributed by atoms with Crippen LogP contribution in [-0.2, 0) is 11.2 Å². The molecule has 0 fully saturated rings. The minimum absolute atomic E-state index is 0.00621. The van der Waals surface area contributed by atoms with E-state index >= 15 is 0 Å². The molecular weight excluding hydrogens is 448 g/mol. The van der Waals surface area contributed by atoms with E-state index in [1.165, 1.54) is 11.5 Å². The first-order chi connectivity index (χ1) is 16.1. The lowest BCUT2D eigenvalue weighted by Gasteiger charge is -2.22. The molecule has 0 bridgehead atoms. The number of hydrogen-bond donors (Lipinski definition) is 1. The highest BCUT2D eigenvalue weighted by Crippen LogP contribution is 2.39. The lowest BCUT2D eigenvalue weighted by Crippen LogP contribution is -2.34. The molecule has 3 aromatic rings. The molecule has 8 heteroatoms. The van der Waals surface area contributed by atoms with Crippen LogP contribution in [0.25, 0.3) is 26.8 Å². The number of nitrogens with one attached hydrogen (secondary N) is 1. The number of carbonyl (C=O) groups is 1. The molecule has 1 heterocycles. The summed E-state index contributed by atoms with van der Waals surface area (Å²) in [4.78, 5) is 20.7. The molecule has 176 valence electrons. The van der Waals surface area contributed by atoms with Crippen molar-refractivity contribution in [2.75, 3.05) is 0 Å². The lowest BCUT2D eigenvalue weighted by atomic mass is 10.0. The van der Waals surface area contributed by atoms with Crippen LogP contribution in [0.4, 0.5) is 10.5 Å². The van der Waals surface area contributed by atoms with Crippen molar-refractivity contribution in [1.29, 1.82) is 0 Å². The van der Waals surface area contributed by atoms with Gasteiger partial charge in [-0.05, 0) is 82.3 Å². The molecule has 0 radical (unpaired) electrons. The first kappa shape index (κ1) is 23.7. The van der Waals surface area contributed by atoms with Gasteiger partial charge in [0.05, 0.1) is 18.7 Å². The van der Waals surface area contributed by atoms with E-state index in [-0.39, 0.29) is 12.1 Å². The second kappa shape index (κ2) is 9.43. The smallest absolute Gasteiger partial charge is 0.408 e. The van der Waals surface area contributed by atoms with Gasteiger partial charge in [-0.1, -0.05) is 24.3 Å². The summed E-state index contributed by atoms with van der Waals surface area (Å²) < 4.78 is 15.8. The Bertz CT molecular complexity index is 1250. The third kappa shape index (κ3) is 5.20. The Morgan fingerprint density at radius 1 is 1.26 bits per heavy atom. The van der Waals surface area contributed by atoms with Gasteiger partial charge < -0.3 is 14.8 Å². The molecule has 0 saturated heterocycles. The number of amides is 1. The van der Waals surface area contributed by atoms with Crippen LogP contribution >= 0.6 is 11.5 Å². The molecule has 0 saturated carbocycles. The van der Waals surface area contributed by atoms with E-state index in [9.17, 15) is 4.79 Å². The normalized spacial score (nSPS) is 15.0. The van der Waals surface area contributed by atoms with Crippen LogP contribution in [0, 0.1) is 6.57 Å². The van der Waals surface area contributed by atoms with Crippen LogP contribution in [0.5, 0.6) is 5.75 Å². The summed E-state index contributed by atoms with van der Waals surface area (Å²) in [6.07, 6.45) is 1.20. The Morgan fingerprint density at radius 3 is 2.76 bits per heavy atom. The van der Waals surface area contributed by atoms with Crippen LogP contribution in [-0.4, -0.2) is 27.2 Å². The number of hydrogen-bond acceptors (Lipinski definition) is 6. The highest BCUT2D eigenvalue weighted by Gasteiger charge is 2.29. The number of ether oxygens (including phenoxy) is 2. The van der Waals surface area contributed by atoms with Crippen molar-refractivity contribution in [3.63, 3.8) is 0 Å². The van der Waals surface area contributed by atoms with Gasteiger partial charge in [0.15, 0.2) is 5.82 Å². The summed E-state index contributed by atoms with van der Waals surface area (Å²) in [5, 5.41) is 3.74. The predicted molar refractivity (Wildman–Crippen MR) is 133 cm³/mol. The summed E-state index contributed by atoms with van der Waals surface area (Å²) in [5.74, 6) is 1.23. The first-order valence-electron chi connectivity index (χ1n) is 11.3. The van der Waals surface area contributed by atoms with E-state index in [1.54, 1.807) is 6.07 Å². The van der Waals surface area contributed by atoms with Crippen molar-refractivity contribution in [2.24, 2.45) is 0 Å². The molecule has 1 aliphatic carbocycles. The van der Waals surface area contributed by atoms with Crippen LogP contribution in [0.3, 0.4) is 0 Å². The maximum absolute atomic E-state index is 12.3. The fraction of sp³-hybridized carbons (Fsp3) is 0.385. The molecule has 2 aromatic carbocycles. The van der Waals surface area contributed by atoms with Gasteiger partial charge in [-0.2, -0.15) is 4.37 Å². The average Bonchev–Trinajstić information content (AvgIpc) is 3.40. The standard InChI is InChI=1S/C26H28N4O3S/c1-15(2)32-22-13-10-16(14-21(22)27-6)24-29-23(30-34-24)19-9-7-8-18-17(19)11-12-20(18)28-25(31)33-26(3,4)5/h7-10,13-15,20H,11-12H2,1-5H3,(H,28,31)/t20-/m0/s1. The fourth-order valence-corrected chi connectivity index (χ4v) is 4.68. The number of benzene rings is 2. The van der Waals surface area contributed by atoms with E-state index in [1.807, 2.05) is 65.0 Å². The molecule has 0 spiro atoms. The Hall–Kier alpha value is -3.44. The average molecular weight is 477 g/mol. The number of aromatic nitrogens is 2. The molecule has 1 amide bonds. The number of nitrogens with zero attached hydrogens (tertiary/aromatic N) is 3. The van der Waals surface area contributed by atoms with Crippen molar-refractivity contribution >= 4 is 23.3 Å². The van der Waals surface area contributed by atoms with Crippen molar-refractivity contribution in [3.05, 3.63) is 58.9 Å².